The van der Waals surface area contributed by atoms with Gasteiger partial charge in [0.25, 0.3) is 5.91 Å². The summed E-state index contributed by atoms with van der Waals surface area (Å²) < 4.78 is 0. The Labute approximate surface area is 112 Å². The summed E-state index contributed by atoms with van der Waals surface area (Å²) in [5, 5.41) is 2.87. The fraction of sp³-hybridized carbons (Fsp3) is 0.286. The number of benzene rings is 1. The van der Waals surface area contributed by atoms with Gasteiger partial charge in [-0.2, -0.15) is 0 Å². The summed E-state index contributed by atoms with van der Waals surface area (Å²) in [6.07, 6.45) is 5.17. The van der Waals surface area contributed by atoms with Crippen molar-refractivity contribution in [2.75, 3.05) is 12.3 Å². The van der Waals surface area contributed by atoms with E-state index in [0.717, 1.165) is 24.2 Å². The first-order valence-corrected chi connectivity index (χ1v) is 6.30. The Balaban J connectivity index is 1.83. The number of rotatable bonds is 5. The molecule has 5 heteroatoms. The fourth-order valence-electron chi connectivity index (χ4n) is 1.87. The van der Waals surface area contributed by atoms with E-state index >= 15 is 0 Å². The number of carbonyl (C=O) groups excluding carboxylic acids is 1. The number of nitrogens with two attached hydrogens (primary N) is 1. The van der Waals surface area contributed by atoms with Gasteiger partial charge in [0, 0.05) is 31.0 Å². The van der Waals surface area contributed by atoms with Crippen LogP contribution in [0, 0.1) is 6.92 Å². The molecule has 0 radical (unpaired) electrons. The SMILES string of the molecule is Cc1cccc(C(=O)NCCCc2ncc[nH]2)c1N. The van der Waals surface area contributed by atoms with Gasteiger partial charge in [-0.3, -0.25) is 4.79 Å². The molecule has 0 atom stereocenters. The van der Waals surface area contributed by atoms with Gasteiger partial charge in [0.1, 0.15) is 5.82 Å². The molecule has 0 aliphatic rings. The molecule has 2 aromatic rings. The van der Waals surface area contributed by atoms with E-state index in [0.29, 0.717) is 17.8 Å². The van der Waals surface area contributed by atoms with Crippen LogP contribution in [0.3, 0.4) is 0 Å². The summed E-state index contributed by atoms with van der Waals surface area (Å²) in [6, 6.07) is 5.47. The molecule has 0 unspecified atom stereocenters. The molecule has 2 rings (SSSR count). The predicted molar refractivity (Wildman–Crippen MR) is 74.8 cm³/mol. The quantitative estimate of drug-likeness (QED) is 0.563. The van der Waals surface area contributed by atoms with E-state index in [1.54, 1.807) is 18.5 Å². The number of H-pyrrole nitrogens is 1. The number of nitrogens with zero attached hydrogens (tertiary/aromatic N) is 1. The number of aromatic amines is 1. The molecule has 1 aromatic carbocycles. The van der Waals surface area contributed by atoms with Gasteiger partial charge in [0.05, 0.1) is 5.56 Å². The highest BCUT2D eigenvalue weighted by Crippen LogP contribution is 2.15. The van der Waals surface area contributed by atoms with Crippen molar-refractivity contribution >= 4 is 11.6 Å². The number of imidazole rings is 1. The standard InChI is InChI=1S/C14H18N4O/c1-10-4-2-5-11(13(10)15)14(19)18-7-3-6-12-16-8-9-17-12/h2,4-5,8-9H,3,6-7,15H2,1H3,(H,16,17)(H,18,19). The highest BCUT2D eigenvalue weighted by molar-refractivity contribution is 5.99. The molecule has 0 spiro atoms. The molecule has 100 valence electrons. The molecule has 1 aromatic heterocycles. The van der Waals surface area contributed by atoms with Gasteiger partial charge in [-0.25, -0.2) is 4.98 Å². The largest absolute Gasteiger partial charge is 0.398 e. The number of anilines is 1. The van der Waals surface area contributed by atoms with Crippen LogP contribution in [0.5, 0.6) is 0 Å². The van der Waals surface area contributed by atoms with E-state index in [9.17, 15) is 4.79 Å². The second kappa shape index (κ2) is 6.04. The van der Waals surface area contributed by atoms with Crippen LogP contribution in [0.2, 0.25) is 0 Å². The van der Waals surface area contributed by atoms with Crippen molar-refractivity contribution in [1.29, 1.82) is 0 Å². The average Bonchev–Trinajstić information content (AvgIpc) is 2.91. The number of amides is 1. The van der Waals surface area contributed by atoms with Crippen molar-refractivity contribution in [2.45, 2.75) is 19.8 Å². The van der Waals surface area contributed by atoms with E-state index in [-0.39, 0.29) is 5.91 Å². The van der Waals surface area contributed by atoms with Crippen molar-refractivity contribution in [2.24, 2.45) is 0 Å². The van der Waals surface area contributed by atoms with Gasteiger partial charge >= 0.3 is 0 Å². The van der Waals surface area contributed by atoms with Crippen molar-refractivity contribution in [3.63, 3.8) is 0 Å². The van der Waals surface area contributed by atoms with Crippen LogP contribution in [0.25, 0.3) is 0 Å². The summed E-state index contributed by atoms with van der Waals surface area (Å²) in [7, 11) is 0. The maximum Gasteiger partial charge on any atom is 0.253 e. The van der Waals surface area contributed by atoms with Crippen LogP contribution in [0.15, 0.2) is 30.6 Å². The van der Waals surface area contributed by atoms with E-state index < -0.39 is 0 Å². The number of hydrogen-bond donors (Lipinski definition) is 3. The van der Waals surface area contributed by atoms with Crippen molar-refractivity contribution in [3.05, 3.63) is 47.5 Å². The molecule has 0 aliphatic heterocycles. The molecule has 0 saturated heterocycles. The molecule has 0 saturated carbocycles. The molecule has 1 heterocycles. The third-order valence-electron chi connectivity index (χ3n) is 3.00. The first kappa shape index (κ1) is 13.1. The highest BCUT2D eigenvalue weighted by atomic mass is 16.1. The molecule has 0 aliphatic carbocycles. The Bertz CT molecular complexity index is 549. The van der Waals surface area contributed by atoms with Gasteiger partial charge in [-0.1, -0.05) is 12.1 Å². The van der Waals surface area contributed by atoms with Crippen molar-refractivity contribution < 1.29 is 4.79 Å². The Morgan fingerprint density at radius 2 is 2.32 bits per heavy atom. The van der Waals surface area contributed by atoms with Crippen LogP contribution in [-0.2, 0) is 6.42 Å². The molecular formula is C14H18N4O. The number of aromatic nitrogens is 2. The molecule has 19 heavy (non-hydrogen) atoms. The van der Waals surface area contributed by atoms with Crippen molar-refractivity contribution in [3.8, 4) is 0 Å². The molecule has 0 bridgehead atoms. The lowest BCUT2D eigenvalue weighted by atomic mass is 10.1. The minimum absolute atomic E-state index is 0.124. The lowest BCUT2D eigenvalue weighted by molar-refractivity contribution is 0.0954. The van der Waals surface area contributed by atoms with E-state index in [1.807, 2.05) is 19.1 Å². The smallest absolute Gasteiger partial charge is 0.253 e. The number of nitrogens with one attached hydrogen (secondary N) is 2. The molecule has 1 amide bonds. The summed E-state index contributed by atoms with van der Waals surface area (Å²) in [5.41, 5.74) is 7.90. The third-order valence-corrected chi connectivity index (χ3v) is 3.00. The first-order valence-electron chi connectivity index (χ1n) is 6.30. The molecule has 5 nitrogen and oxygen atoms in total. The summed E-state index contributed by atoms with van der Waals surface area (Å²) >= 11 is 0. The minimum atomic E-state index is -0.124. The average molecular weight is 258 g/mol. The second-order valence-electron chi connectivity index (χ2n) is 4.43. The lowest BCUT2D eigenvalue weighted by Gasteiger charge is -2.08. The van der Waals surface area contributed by atoms with Crippen LogP contribution in [-0.4, -0.2) is 22.4 Å². The first-order chi connectivity index (χ1) is 9.18. The summed E-state index contributed by atoms with van der Waals surface area (Å²) in [6.45, 7) is 2.50. The normalized spacial score (nSPS) is 10.4. The van der Waals surface area contributed by atoms with Crippen LogP contribution >= 0.6 is 0 Å². The zero-order chi connectivity index (χ0) is 13.7. The molecular weight excluding hydrogens is 240 g/mol. The number of aryl methyl sites for hydroxylation is 2. The number of carbonyl (C=O) groups is 1. The zero-order valence-electron chi connectivity index (χ0n) is 10.9. The van der Waals surface area contributed by atoms with Crippen LogP contribution in [0.1, 0.15) is 28.2 Å². The van der Waals surface area contributed by atoms with Gasteiger partial charge in [-0.15, -0.1) is 0 Å². The van der Waals surface area contributed by atoms with E-state index in [4.69, 9.17) is 5.73 Å². The van der Waals surface area contributed by atoms with E-state index in [2.05, 4.69) is 15.3 Å². The Morgan fingerprint density at radius 1 is 1.47 bits per heavy atom. The lowest BCUT2D eigenvalue weighted by Crippen LogP contribution is -2.25. The van der Waals surface area contributed by atoms with Crippen LogP contribution in [0.4, 0.5) is 5.69 Å². The zero-order valence-corrected chi connectivity index (χ0v) is 10.9. The summed E-state index contributed by atoms with van der Waals surface area (Å²) in [4.78, 5) is 19.1. The number of para-hydroxylation sites is 1. The van der Waals surface area contributed by atoms with E-state index in [1.165, 1.54) is 0 Å². The summed E-state index contributed by atoms with van der Waals surface area (Å²) in [5.74, 6) is 0.810. The van der Waals surface area contributed by atoms with Crippen LogP contribution < -0.4 is 11.1 Å². The second-order valence-corrected chi connectivity index (χ2v) is 4.43. The Hall–Kier alpha value is -2.30. The minimum Gasteiger partial charge on any atom is -0.398 e. The Morgan fingerprint density at radius 3 is 3.05 bits per heavy atom. The Kier molecular flexibility index (Phi) is 4.18. The van der Waals surface area contributed by atoms with Gasteiger partial charge in [-0.05, 0) is 25.0 Å². The third kappa shape index (κ3) is 3.34. The number of nitrogen functional groups attached to an aromatic ring is 1. The molecule has 4 N–H and O–H groups in total. The highest BCUT2D eigenvalue weighted by Gasteiger charge is 2.09. The molecule has 0 fully saturated rings. The van der Waals surface area contributed by atoms with Gasteiger partial charge < -0.3 is 16.0 Å². The monoisotopic (exact) mass is 258 g/mol. The number of hydrogen-bond acceptors (Lipinski definition) is 3. The van der Waals surface area contributed by atoms with Gasteiger partial charge in [0.15, 0.2) is 0 Å². The van der Waals surface area contributed by atoms with Crippen molar-refractivity contribution in [1.82, 2.24) is 15.3 Å². The topological polar surface area (TPSA) is 83.8 Å². The fourth-order valence-corrected chi connectivity index (χ4v) is 1.87. The van der Waals surface area contributed by atoms with Gasteiger partial charge in [0.2, 0.25) is 0 Å². The predicted octanol–water partition coefficient (Wildman–Crippen LogP) is 1.66. The maximum absolute atomic E-state index is 12.0. The maximum atomic E-state index is 12.0.